The van der Waals surface area contributed by atoms with Gasteiger partial charge in [0.25, 0.3) is 5.91 Å². The molecule has 0 spiro atoms. The van der Waals surface area contributed by atoms with Crippen molar-refractivity contribution in [2.75, 3.05) is 6.54 Å². The second kappa shape index (κ2) is 6.59. The van der Waals surface area contributed by atoms with Crippen LogP contribution in [0.1, 0.15) is 31.6 Å². The Bertz CT molecular complexity index is 842. The van der Waals surface area contributed by atoms with Gasteiger partial charge in [-0.25, -0.2) is 4.98 Å². The fraction of sp³-hybridized carbons (Fsp3) is 0.300. The Hall–Kier alpha value is -2.82. The number of amides is 1. The number of carbonyl (C=O) groups is 1. The number of nitrogens with zero attached hydrogens (tertiary/aromatic N) is 2. The number of rotatable bonds is 4. The SMILES string of the molecule is CC(Oc1ccccc1)C(=O)N1CCCC1c1nc2ccccc2[nH]1. The maximum Gasteiger partial charge on any atom is 0.263 e. The highest BCUT2D eigenvalue weighted by atomic mass is 16.5. The van der Waals surface area contributed by atoms with Crippen LogP contribution in [0.15, 0.2) is 54.6 Å². The number of ether oxygens (including phenoxy) is 1. The molecule has 3 aromatic rings. The summed E-state index contributed by atoms with van der Waals surface area (Å²) in [5, 5.41) is 0. The fourth-order valence-electron chi connectivity index (χ4n) is 3.43. The molecular weight excluding hydrogens is 314 g/mol. The Morgan fingerprint density at radius 2 is 1.96 bits per heavy atom. The zero-order valence-electron chi connectivity index (χ0n) is 14.2. The van der Waals surface area contributed by atoms with Gasteiger partial charge in [0.2, 0.25) is 0 Å². The molecule has 1 aliphatic rings. The molecule has 25 heavy (non-hydrogen) atoms. The van der Waals surface area contributed by atoms with E-state index in [2.05, 4.69) is 9.97 Å². The standard InChI is InChI=1S/C20H21N3O2/c1-14(25-15-8-3-2-4-9-15)20(24)23-13-7-12-18(23)19-21-16-10-5-6-11-17(16)22-19/h2-6,8-11,14,18H,7,12-13H2,1H3,(H,21,22). The maximum absolute atomic E-state index is 12.9. The molecule has 1 aliphatic heterocycles. The lowest BCUT2D eigenvalue weighted by atomic mass is 10.2. The number of benzene rings is 2. The monoisotopic (exact) mass is 335 g/mol. The summed E-state index contributed by atoms with van der Waals surface area (Å²) in [6, 6.07) is 17.4. The van der Waals surface area contributed by atoms with Crippen LogP contribution < -0.4 is 4.74 Å². The van der Waals surface area contributed by atoms with E-state index >= 15 is 0 Å². The van der Waals surface area contributed by atoms with Gasteiger partial charge in [0.05, 0.1) is 17.1 Å². The van der Waals surface area contributed by atoms with Crippen molar-refractivity contribution in [3.05, 3.63) is 60.4 Å². The van der Waals surface area contributed by atoms with Gasteiger partial charge in [-0.05, 0) is 44.0 Å². The quantitative estimate of drug-likeness (QED) is 0.791. The lowest BCUT2D eigenvalue weighted by Crippen LogP contribution is -2.40. The number of aromatic nitrogens is 2. The molecule has 1 fully saturated rings. The Kier molecular flexibility index (Phi) is 4.14. The Morgan fingerprint density at radius 3 is 2.76 bits per heavy atom. The van der Waals surface area contributed by atoms with Crippen molar-refractivity contribution in [2.45, 2.75) is 31.9 Å². The lowest BCUT2D eigenvalue weighted by Gasteiger charge is -2.26. The van der Waals surface area contributed by atoms with Crippen molar-refractivity contribution in [2.24, 2.45) is 0 Å². The smallest absolute Gasteiger partial charge is 0.263 e. The van der Waals surface area contributed by atoms with Gasteiger partial charge in [0.1, 0.15) is 11.6 Å². The maximum atomic E-state index is 12.9. The number of imidazole rings is 1. The number of hydrogen-bond acceptors (Lipinski definition) is 3. The van der Waals surface area contributed by atoms with Crippen LogP contribution in [0.3, 0.4) is 0 Å². The summed E-state index contributed by atoms with van der Waals surface area (Å²) in [6.07, 6.45) is 1.38. The van der Waals surface area contributed by atoms with Gasteiger partial charge in [-0.15, -0.1) is 0 Å². The van der Waals surface area contributed by atoms with E-state index in [0.717, 1.165) is 36.2 Å². The molecule has 2 unspecified atom stereocenters. The number of para-hydroxylation sites is 3. The Balaban J connectivity index is 1.53. The van der Waals surface area contributed by atoms with Crippen LogP contribution in [-0.2, 0) is 4.79 Å². The molecular formula is C20H21N3O2. The van der Waals surface area contributed by atoms with Gasteiger partial charge in [0.15, 0.2) is 6.10 Å². The Morgan fingerprint density at radius 1 is 1.20 bits per heavy atom. The molecule has 1 N–H and O–H groups in total. The molecule has 2 heterocycles. The number of nitrogens with one attached hydrogen (secondary N) is 1. The number of carbonyl (C=O) groups excluding carboxylic acids is 1. The average Bonchev–Trinajstić information content (AvgIpc) is 3.28. The molecule has 0 bridgehead atoms. The first-order valence-corrected chi connectivity index (χ1v) is 8.69. The summed E-state index contributed by atoms with van der Waals surface area (Å²) in [6.45, 7) is 2.55. The summed E-state index contributed by atoms with van der Waals surface area (Å²) in [5.41, 5.74) is 1.94. The zero-order valence-corrected chi connectivity index (χ0v) is 14.2. The van der Waals surface area contributed by atoms with Crippen LogP contribution in [0.5, 0.6) is 5.75 Å². The minimum atomic E-state index is -0.521. The third kappa shape index (κ3) is 3.09. The fourth-order valence-corrected chi connectivity index (χ4v) is 3.43. The van der Waals surface area contributed by atoms with Gasteiger partial charge in [-0.3, -0.25) is 4.79 Å². The number of hydrogen-bond donors (Lipinski definition) is 1. The first-order chi connectivity index (χ1) is 12.2. The van der Waals surface area contributed by atoms with Crippen molar-refractivity contribution in [1.82, 2.24) is 14.9 Å². The van der Waals surface area contributed by atoms with Crippen LogP contribution in [0, 0.1) is 0 Å². The first-order valence-electron chi connectivity index (χ1n) is 8.69. The highest BCUT2D eigenvalue weighted by Crippen LogP contribution is 2.32. The molecule has 1 saturated heterocycles. The minimum absolute atomic E-state index is 0.00630. The molecule has 0 aliphatic carbocycles. The largest absolute Gasteiger partial charge is 0.481 e. The molecule has 0 radical (unpaired) electrons. The highest BCUT2D eigenvalue weighted by Gasteiger charge is 2.35. The van der Waals surface area contributed by atoms with E-state index in [1.54, 1.807) is 0 Å². The number of aromatic amines is 1. The van der Waals surface area contributed by atoms with E-state index in [9.17, 15) is 4.79 Å². The van der Waals surface area contributed by atoms with Crippen molar-refractivity contribution in [1.29, 1.82) is 0 Å². The van der Waals surface area contributed by atoms with Crippen LogP contribution in [0.4, 0.5) is 0 Å². The van der Waals surface area contributed by atoms with Crippen LogP contribution in [0.2, 0.25) is 0 Å². The second-order valence-corrected chi connectivity index (χ2v) is 6.40. The predicted molar refractivity (Wildman–Crippen MR) is 96.3 cm³/mol. The molecule has 0 saturated carbocycles. The summed E-state index contributed by atoms with van der Waals surface area (Å²) in [5.74, 6) is 1.58. The van der Waals surface area contributed by atoms with Gasteiger partial charge < -0.3 is 14.6 Å². The van der Waals surface area contributed by atoms with Crippen LogP contribution in [-0.4, -0.2) is 33.4 Å². The first kappa shape index (κ1) is 15.7. The summed E-state index contributed by atoms with van der Waals surface area (Å²) in [7, 11) is 0. The molecule has 128 valence electrons. The van der Waals surface area contributed by atoms with Crippen molar-refractivity contribution >= 4 is 16.9 Å². The van der Waals surface area contributed by atoms with Crippen LogP contribution in [0.25, 0.3) is 11.0 Å². The normalized spacial score (nSPS) is 18.4. The van der Waals surface area contributed by atoms with E-state index in [4.69, 9.17) is 4.74 Å². The van der Waals surface area contributed by atoms with E-state index in [-0.39, 0.29) is 11.9 Å². The third-order valence-electron chi connectivity index (χ3n) is 4.66. The molecule has 1 amide bonds. The molecule has 2 aromatic carbocycles. The van der Waals surface area contributed by atoms with E-state index in [0.29, 0.717) is 5.75 Å². The van der Waals surface area contributed by atoms with Crippen molar-refractivity contribution in [3.63, 3.8) is 0 Å². The van der Waals surface area contributed by atoms with Gasteiger partial charge in [-0.2, -0.15) is 0 Å². The molecule has 5 heteroatoms. The van der Waals surface area contributed by atoms with Gasteiger partial charge in [-0.1, -0.05) is 30.3 Å². The topological polar surface area (TPSA) is 58.2 Å². The van der Waals surface area contributed by atoms with Gasteiger partial charge >= 0.3 is 0 Å². The third-order valence-corrected chi connectivity index (χ3v) is 4.66. The molecule has 2 atom stereocenters. The van der Waals surface area contributed by atoms with E-state index in [1.165, 1.54) is 0 Å². The lowest BCUT2D eigenvalue weighted by molar-refractivity contribution is -0.139. The van der Waals surface area contributed by atoms with Crippen LogP contribution >= 0.6 is 0 Å². The average molecular weight is 335 g/mol. The second-order valence-electron chi connectivity index (χ2n) is 6.40. The van der Waals surface area contributed by atoms with Gasteiger partial charge in [0, 0.05) is 6.54 Å². The highest BCUT2D eigenvalue weighted by molar-refractivity contribution is 5.82. The molecule has 4 rings (SSSR count). The predicted octanol–water partition coefficient (Wildman–Crippen LogP) is 3.69. The summed E-state index contributed by atoms with van der Waals surface area (Å²) >= 11 is 0. The number of H-pyrrole nitrogens is 1. The summed E-state index contributed by atoms with van der Waals surface area (Å²) < 4.78 is 5.81. The van der Waals surface area contributed by atoms with Crippen molar-refractivity contribution < 1.29 is 9.53 Å². The van der Waals surface area contributed by atoms with E-state index < -0.39 is 6.10 Å². The zero-order chi connectivity index (χ0) is 17.2. The summed E-state index contributed by atoms with van der Waals surface area (Å²) in [4.78, 5) is 22.8. The molecule has 5 nitrogen and oxygen atoms in total. The van der Waals surface area contributed by atoms with E-state index in [1.807, 2.05) is 66.4 Å². The number of fused-ring (bicyclic) bond motifs is 1. The molecule has 1 aromatic heterocycles. The Labute approximate surface area is 146 Å². The van der Waals surface area contributed by atoms with Crippen molar-refractivity contribution in [3.8, 4) is 5.75 Å². The number of likely N-dealkylation sites (tertiary alicyclic amines) is 1. The minimum Gasteiger partial charge on any atom is -0.481 e.